The molecular weight excluding hydrogens is 233 g/mol. The first-order valence-electron chi connectivity index (χ1n) is 4.97. The topological polar surface area (TPSA) is 33.1 Å². The maximum atomic E-state index is 9.74. The number of hydrogen-bond acceptors (Lipinski definition) is 2. The van der Waals surface area contributed by atoms with Gasteiger partial charge in [-0.2, -0.15) is 0 Å². The molecule has 0 aromatic carbocycles. The molecule has 0 aliphatic rings. The van der Waals surface area contributed by atoms with Gasteiger partial charge < -0.3 is 5.11 Å². The molecule has 1 rings (SSSR count). The van der Waals surface area contributed by atoms with Crippen molar-refractivity contribution in [2.24, 2.45) is 5.92 Å². The van der Waals surface area contributed by atoms with Gasteiger partial charge in [-0.25, -0.2) is 0 Å². The minimum Gasteiger partial charge on any atom is -0.393 e. The molecule has 15 heavy (non-hydrogen) atoms. The molecule has 0 saturated heterocycles. The summed E-state index contributed by atoms with van der Waals surface area (Å²) in [6.45, 7) is 4.14. The van der Waals surface area contributed by atoms with Crippen LogP contribution in [0, 0.1) is 5.92 Å². The van der Waals surface area contributed by atoms with Crippen molar-refractivity contribution >= 4 is 23.2 Å². The van der Waals surface area contributed by atoms with Gasteiger partial charge in [-0.05, 0) is 18.4 Å². The van der Waals surface area contributed by atoms with Crippen molar-refractivity contribution in [3.05, 3.63) is 28.0 Å². The van der Waals surface area contributed by atoms with Gasteiger partial charge in [-0.1, -0.05) is 37.0 Å². The predicted molar refractivity (Wildman–Crippen MR) is 63.4 cm³/mol. The number of halogens is 2. The molecule has 2 nitrogen and oxygen atoms in total. The normalized spacial score (nSPS) is 13.2. The van der Waals surface area contributed by atoms with Crippen LogP contribution in [-0.4, -0.2) is 16.2 Å². The summed E-state index contributed by atoms with van der Waals surface area (Å²) in [5.74, 6) is 0.464. The van der Waals surface area contributed by atoms with E-state index < -0.39 is 6.10 Å². The zero-order valence-electron chi connectivity index (χ0n) is 8.87. The van der Waals surface area contributed by atoms with Crippen molar-refractivity contribution in [2.45, 2.75) is 32.8 Å². The van der Waals surface area contributed by atoms with Crippen LogP contribution in [0.15, 0.2) is 12.3 Å². The molecule has 1 N–H and O–H groups in total. The van der Waals surface area contributed by atoms with E-state index in [-0.39, 0.29) is 0 Å². The van der Waals surface area contributed by atoms with Gasteiger partial charge in [0.25, 0.3) is 0 Å². The zero-order chi connectivity index (χ0) is 11.4. The van der Waals surface area contributed by atoms with E-state index >= 15 is 0 Å². The van der Waals surface area contributed by atoms with E-state index in [1.165, 1.54) is 0 Å². The summed E-state index contributed by atoms with van der Waals surface area (Å²) in [5, 5.41) is 10.8. The molecule has 0 amide bonds. The van der Waals surface area contributed by atoms with E-state index in [9.17, 15) is 5.11 Å². The van der Waals surface area contributed by atoms with Crippen LogP contribution >= 0.6 is 23.2 Å². The van der Waals surface area contributed by atoms with Gasteiger partial charge >= 0.3 is 0 Å². The lowest BCUT2D eigenvalue weighted by Crippen LogP contribution is -2.14. The second-order valence-electron chi connectivity index (χ2n) is 4.07. The first-order valence-corrected chi connectivity index (χ1v) is 5.72. The summed E-state index contributed by atoms with van der Waals surface area (Å²) >= 11 is 11.7. The first-order chi connectivity index (χ1) is 6.99. The average molecular weight is 248 g/mol. The fraction of sp³-hybridized carbons (Fsp3) is 0.545. The van der Waals surface area contributed by atoms with Crippen LogP contribution in [-0.2, 0) is 6.42 Å². The van der Waals surface area contributed by atoms with Crippen LogP contribution in [0.3, 0.4) is 0 Å². The molecule has 1 unspecified atom stereocenters. The molecular formula is C11H15Cl2NO. The maximum absolute atomic E-state index is 9.74. The maximum Gasteiger partial charge on any atom is 0.0637 e. The minimum absolute atomic E-state index is 0.392. The van der Waals surface area contributed by atoms with Gasteiger partial charge in [0.1, 0.15) is 0 Å². The van der Waals surface area contributed by atoms with Crippen molar-refractivity contribution in [2.75, 3.05) is 0 Å². The van der Waals surface area contributed by atoms with E-state index in [1.54, 1.807) is 12.3 Å². The van der Waals surface area contributed by atoms with E-state index in [1.807, 2.05) is 0 Å². The van der Waals surface area contributed by atoms with Gasteiger partial charge in [0.05, 0.1) is 21.8 Å². The largest absolute Gasteiger partial charge is 0.393 e. The van der Waals surface area contributed by atoms with E-state index in [4.69, 9.17) is 23.2 Å². The van der Waals surface area contributed by atoms with Crippen LogP contribution in [0.25, 0.3) is 0 Å². The molecule has 4 heteroatoms. The summed E-state index contributed by atoms with van der Waals surface area (Å²) in [4.78, 5) is 4.10. The van der Waals surface area contributed by atoms with Gasteiger partial charge in [0.15, 0.2) is 0 Å². The van der Waals surface area contributed by atoms with Gasteiger partial charge in [0, 0.05) is 12.6 Å². The van der Waals surface area contributed by atoms with E-state index in [2.05, 4.69) is 18.8 Å². The highest BCUT2D eigenvalue weighted by atomic mass is 35.5. The molecule has 1 atom stereocenters. The third kappa shape index (κ3) is 4.37. The SMILES string of the molecule is CC(C)CC(O)Cc1ncc(Cl)cc1Cl. The molecule has 1 aromatic heterocycles. The summed E-state index contributed by atoms with van der Waals surface area (Å²) in [7, 11) is 0. The minimum atomic E-state index is -0.392. The van der Waals surface area contributed by atoms with E-state index in [0.29, 0.717) is 28.1 Å². The molecule has 0 aliphatic carbocycles. The van der Waals surface area contributed by atoms with Gasteiger partial charge in [-0.15, -0.1) is 0 Å². The fourth-order valence-corrected chi connectivity index (χ4v) is 1.90. The smallest absolute Gasteiger partial charge is 0.0637 e. The van der Waals surface area contributed by atoms with Crippen LogP contribution in [0.4, 0.5) is 0 Å². The number of aliphatic hydroxyl groups excluding tert-OH is 1. The second-order valence-corrected chi connectivity index (χ2v) is 4.91. The Labute approximate surface area is 100 Å². The van der Waals surface area contributed by atoms with Crippen LogP contribution in [0.1, 0.15) is 26.0 Å². The Balaban J connectivity index is 2.64. The standard InChI is InChI=1S/C11H15Cl2NO/c1-7(2)3-9(15)5-11-10(13)4-8(12)6-14-11/h4,6-7,9,15H,3,5H2,1-2H3. The summed E-state index contributed by atoms with van der Waals surface area (Å²) in [6, 6.07) is 1.65. The lowest BCUT2D eigenvalue weighted by atomic mass is 10.0. The van der Waals surface area contributed by atoms with Crippen LogP contribution in [0.5, 0.6) is 0 Å². The summed E-state index contributed by atoms with van der Waals surface area (Å²) < 4.78 is 0. The Morgan fingerprint density at radius 2 is 2.07 bits per heavy atom. The summed E-state index contributed by atoms with van der Waals surface area (Å²) in [5.41, 5.74) is 0.703. The Morgan fingerprint density at radius 3 is 2.60 bits per heavy atom. The highest BCUT2D eigenvalue weighted by molar-refractivity contribution is 6.34. The Bertz CT molecular complexity index is 328. The highest BCUT2D eigenvalue weighted by Gasteiger charge is 2.11. The molecule has 1 aromatic rings. The molecule has 0 fully saturated rings. The quantitative estimate of drug-likeness (QED) is 0.886. The number of nitrogens with zero attached hydrogens (tertiary/aromatic N) is 1. The number of pyridine rings is 1. The van der Waals surface area contributed by atoms with Crippen LogP contribution in [0.2, 0.25) is 10.0 Å². The van der Waals surface area contributed by atoms with Crippen molar-refractivity contribution in [3.8, 4) is 0 Å². The lowest BCUT2D eigenvalue weighted by Gasteiger charge is -2.13. The number of aromatic nitrogens is 1. The molecule has 1 heterocycles. The molecule has 84 valence electrons. The molecule has 0 radical (unpaired) electrons. The van der Waals surface area contributed by atoms with Gasteiger partial charge in [0.2, 0.25) is 0 Å². The van der Waals surface area contributed by atoms with Gasteiger partial charge in [-0.3, -0.25) is 4.98 Å². The van der Waals surface area contributed by atoms with Crippen molar-refractivity contribution in [1.29, 1.82) is 0 Å². The molecule has 0 saturated carbocycles. The lowest BCUT2D eigenvalue weighted by molar-refractivity contribution is 0.148. The van der Waals surface area contributed by atoms with Crippen molar-refractivity contribution in [1.82, 2.24) is 4.98 Å². The number of hydrogen-bond donors (Lipinski definition) is 1. The van der Waals surface area contributed by atoms with E-state index in [0.717, 1.165) is 6.42 Å². The van der Waals surface area contributed by atoms with Crippen molar-refractivity contribution < 1.29 is 5.11 Å². The molecule has 0 spiro atoms. The Morgan fingerprint density at radius 1 is 1.40 bits per heavy atom. The molecule has 0 bridgehead atoms. The second kappa shape index (κ2) is 5.69. The monoisotopic (exact) mass is 247 g/mol. The third-order valence-corrected chi connectivity index (χ3v) is 2.59. The third-order valence-electron chi connectivity index (χ3n) is 2.06. The predicted octanol–water partition coefficient (Wildman–Crippen LogP) is 3.34. The highest BCUT2D eigenvalue weighted by Crippen LogP contribution is 2.20. The first kappa shape index (κ1) is 12.8. The zero-order valence-corrected chi connectivity index (χ0v) is 10.4. The van der Waals surface area contributed by atoms with Crippen molar-refractivity contribution in [3.63, 3.8) is 0 Å². The average Bonchev–Trinajstić information content (AvgIpc) is 2.08. The number of rotatable bonds is 4. The number of aliphatic hydroxyl groups is 1. The summed E-state index contributed by atoms with van der Waals surface area (Å²) in [6.07, 6.45) is 2.39. The Kier molecular flexibility index (Phi) is 4.84. The van der Waals surface area contributed by atoms with Crippen LogP contribution < -0.4 is 0 Å². The molecule has 0 aliphatic heterocycles. The Hall–Kier alpha value is -0.310. The fourth-order valence-electron chi connectivity index (χ4n) is 1.44.